The van der Waals surface area contributed by atoms with Crippen molar-refractivity contribution in [3.63, 3.8) is 0 Å². The van der Waals surface area contributed by atoms with Crippen LogP contribution >= 0.6 is 12.4 Å². The van der Waals surface area contributed by atoms with E-state index in [1.807, 2.05) is 0 Å². The van der Waals surface area contributed by atoms with E-state index in [1.165, 1.54) is 0 Å². The summed E-state index contributed by atoms with van der Waals surface area (Å²) in [6.45, 7) is 11.6. The Kier molecular flexibility index (Phi) is 15.5. The monoisotopic (exact) mass is 233 g/mol. The maximum absolute atomic E-state index is 4.11. The molecule has 0 aromatic rings. The molecular formula is C11H24ClN3. The van der Waals surface area contributed by atoms with Crippen LogP contribution in [0, 0.1) is 0 Å². The number of aliphatic imine (C=N–C) groups is 2. The molecular weight excluding hydrogens is 210 g/mol. The van der Waals surface area contributed by atoms with Crippen molar-refractivity contribution in [1.29, 1.82) is 0 Å². The van der Waals surface area contributed by atoms with Crippen LogP contribution in [0.2, 0.25) is 0 Å². The lowest BCUT2D eigenvalue weighted by Gasteiger charge is -2.16. The fourth-order valence-corrected chi connectivity index (χ4v) is 1.18. The first-order valence-corrected chi connectivity index (χ1v) is 5.65. The first-order valence-electron chi connectivity index (χ1n) is 5.65. The summed E-state index contributed by atoms with van der Waals surface area (Å²) >= 11 is 0. The summed E-state index contributed by atoms with van der Waals surface area (Å²) in [6.07, 6.45) is 2.18. The van der Waals surface area contributed by atoms with Gasteiger partial charge in [-0.2, -0.15) is 0 Å². The third-order valence-corrected chi connectivity index (χ3v) is 2.12. The molecule has 0 aromatic heterocycles. The van der Waals surface area contributed by atoms with Crippen LogP contribution in [-0.4, -0.2) is 43.6 Å². The molecule has 0 fully saturated rings. The Balaban J connectivity index is 0. The minimum Gasteiger partial charge on any atom is -0.304 e. The van der Waals surface area contributed by atoms with Gasteiger partial charge in [0.2, 0.25) is 0 Å². The average Bonchev–Trinajstić information content (AvgIpc) is 2.22. The predicted octanol–water partition coefficient (Wildman–Crippen LogP) is 2.72. The molecule has 0 spiro atoms. The van der Waals surface area contributed by atoms with Crippen molar-refractivity contribution in [1.82, 2.24) is 4.90 Å². The zero-order valence-electron chi connectivity index (χ0n) is 10.2. The summed E-state index contributed by atoms with van der Waals surface area (Å²) in [5.74, 6) is 0. The molecule has 0 aliphatic carbocycles. The normalized spacial score (nSPS) is 9.33. The van der Waals surface area contributed by atoms with E-state index in [0.717, 1.165) is 45.6 Å². The molecule has 0 saturated heterocycles. The van der Waals surface area contributed by atoms with Crippen molar-refractivity contribution in [2.24, 2.45) is 9.98 Å². The summed E-state index contributed by atoms with van der Waals surface area (Å²) in [7, 11) is 0. The quantitative estimate of drug-likeness (QED) is 0.468. The maximum Gasteiger partial charge on any atom is 0.0892 e. The summed E-state index contributed by atoms with van der Waals surface area (Å²) < 4.78 is 0. The lowest BCUT2D eigenvalue weighted by molar-refractivity contribution is 0.302. The highest BCUT2D eigenvalue weighted by Crippen LogP contribution is 1.90. The number of nitrogens with zero attached hydrogens (tertiary/aromatic N) is 3. The summed E-state index contributed by atoms with van der Waals surface area (Å²) in [4.78, 5) is 10.5. The van der Waals surface area contributed by atoms with Gasteiger partial charge in [-0.1, -0.05) is 20.8 Å². The molecule has 0 heterocycles. The van der Waals surface area contributed by atoms with Crippen molar-refractivity contribution in [3.05, 3.63) is 0 Å². The molecule has 0 aliphatic heterocycles. The van der Waals surface area contributed by atoms with Crippen LogP contribution in [0.3, 0.4) is 0 Å². The summed E-state index contributed by atoms with van der Waals surface area (Å²) in [5.41, 5.74) is 0. The Morgan fingerprint density at radius 3 is 2.13 bits per heavy atom. The topological polar surface area (TPSA) is 28.0 Å². The lowest BCUT2D eigenvalue weighted by Crippen LogP contribution is -2.24. The molecule has 0 N–H and O–H groups in total. The second kappa shape index (κ2) is 13.6. The number of hydrogen-bond acceptors (Lipinski definition) is 3. The zero-order valence-corrected chi connectivity index (χ0v) is 11.0. The number of halogens is 1. The Labute approximate surface area is 100 Å². The highest BCUT2D eigenvalue weighted by molar-refractivity contribution is 5.85. The first-order chi connectivity index (χ1) is 6.85. The fraction of sp³-hybridized carbons (Fsp3) is 0.909. The van der Waals surface area contributed by atoms with Crippen LogP contribution in [0.15, 0.2) is 9.98 Å². The zero-order chi connectivity index (χ0) is 10.6. The standard InChI is InChI=1S/C11H23N3.ClH/c1-4-8-12-11-13-9-7-10-14(5-2)6-3;/h4-10H2,1-3H3;1H. The van der Waals surface area contributed by atoms with E-state index >= 15 is 0 Å². The molecule has 90 valence electrons. The molecule has 0 radical (unpaired) electrons. The van der Waals surface area contributed by atoms with Crippen LogP contribution in [0.4, 0.5) is 0 Å². The average molecular weight is 234 g/mol. The van der Waals surface area contributed by atoms with E-state index in [9.17, 15) is 0 Å². The van der Waals surface area contributed by atoms with Gasteiger partial charge in [0.15, 0.2) is 0 Å². The minimum atomic E-state index is 0. The third kappa shape index (κ3) is 11.6. The molecule has 0 aromatic carbocycles. The van der Waals surface area contributed by atoms with Crippen LogP contribution < -0.4 is 0 Å². The van der Waals surface area contributed by atoms with E-state index in [0.29, 0.717) is 0 Å². The van der Waals surface area contributed by atoms with Crippen molar-refractivity contribution in [3.8, 4) is 0 Å². The molecule has 4 heteroatoms. The van der Waals surface area contributed by atoms with Gasteiger partial charge >= 0.3 is 0 Å². The number of rotatable bonds is 8. The van der Waals surface area contributed by atoms with Crippen molar-refractivity contribution in [2.45, 2.75) is 33.6 Å². The van der Waals surface area contributed by atoms with E-state index in [2.05, 4.69) is 41.7 Å². The second-order valence-corrected chi connectivity index (χ2v) is 3.24. The molecule has 0 saturated carbocycles. The Morgan fingerprint density at radius 2 is 1.60 bits per heavy atom. The van der Waals surface area contributed by atoms with Crippen LogP contribution in [0.1, 0.15) is 33.6 Å². The molecule has 0 amide bonds. The molecule has 3 nitrogen and oxygen atoms in total. The minimum absolute atomic E-state index is 0. The molecule has 0 bridgehead atoms. The fourth-order valence-electron chi connectivity index (χ4n) is 1.18. The van der Waals surface area contributed by atoms with Gasteiger partial charge < -0.3 is 4.90 Å². The van der Waals surface area contributed by atoms with Gasteiger partial charge in [-0.05, 0) is 32.5 Å². The molecule has 0 atom stereocenters. The van der Waals surface area contributed by atoms with Gasteiger partial charge in [-0.25, -0.2) is 9.98 Å². The number of hydrogen-bond donors (Lipinski definition) is 0. The summed E-state index contributed by atoms with van der Waals surface area (Å²) in [6, 6.07) is 2.73. The van der Waals surface area contributed by atoms with E-state index < -0.39 is 0 Å². The van der Waals surface area contributed by atoms with Gasteiger partial charge in [0.25, 0.3) is 0 Å². The highest BCUT2D eigenvalue weighted by atomic mass is 35.5. The highest BCUT2D eigenvalue weighted by Gasteiger charge is 1.96. The van der Waals surface area contributed by atoms with Crippen LogP contribution in [-0.2, 0) is 0 Å². The Morgan fingerprint density at radius 1 is 1.00 bits per heavy atom. The van der Waals surface area contributed by atoms with Gasteiger partial charge in [-0.15, -0.1) is 12.4 Å². The van der Waals surface area contributed by atoms with Gasteiger partial charge in [0.1, 0.15) is 0 Å². The predicted molar refractivity (Wildman–Crippen MR) is 69.5 cm³/mol. The van der Waals surface area contributed by atoms with Crippen LogP contribution in [0.25, 0.3) is 0 Å². The molecule has 0 rings (SSSR count). The SMILES string of the molecule is CCCN=C=NCCCN(CC)CC.Cl. The molecule has 15 heavy (non-hydrogen) atoms. The van der Waals surface area contributed by atoms with Crippen molar-refractivity contribution in [2.75, 3.05) is 32.7 Å². The Hall–Kier alpha value is -0.370. The summed E-state index contributed by atoms with van der Waals surface area (Å²) in [5, 5.41) is 0. The van der Waals surface area contributed by atoms with Crippen LogP contribution in [0.5, 0.6) is 0 Å². The van der Waals surface area contributed by atoms with Crippen molar-refractivity contribution >= 4 is 18.4 Å². The molecule has 0 unspecified atom stereocenters. The Bertz CT molecular complexity index is 173. The largest absolute Gasteiger partial charge is 0.304 e. The van der Waals surface area contributed by atoms with Crippen molar-refractivity contribution < 1.29 is 0 Å². The second-order valence-electron chi connectivity index (χ2n) is 3.24. The molecule has 0 aliphatic rings. The van der Waals surface area contributed by atoms with E-state index in [-0.39, 0.29) is 12.4 Å². The van der Waals surface area contributed by atoms with E-state index in [4.69, 9.17) is 0 Å². The smallest absolute Gasteiger partial charge is 0.0892 e. The lowest BCUT2D eigenvalue weighted by atomic mass is 10.4. The maximum atomic E-state index is 4.11. The van der Waals surface area contributed by atoms with Gasteiger partial charge in [-0.3, -0.25) is 0 Å². The van der Waals surface area contributed by atoms with Gasteiger partial charge in [0.05, 0.1) is 12.6 Å². The third-order valence-electron chi connectivity index (χ3n) is 2.12. The van der Waals surface area contributed by atoms with E-state index in [1.54, 1.807) is 0 Å². The first kappa shape index (κ1) is 17.0. The van der Waals surface area contributed by atoms with Gasteiger partial charge in [0, 0.05) is 6.54 Å².